The van der Waals surface area contributed by atoms with E-state index in [1.807, 2.05) is 31.2 Å². The summed E-state index contributed by atoms with van der Waals surface area (Å²) in [7, 11) is 0. The number of primary amides is 1. The number of hydrogen-bond donors (Lipinski definition) is 3. The molecule has 2 aromatic rings. The second-order valence-electron chi connectivity index (χ2n) is 6.47. The zero-order valence-electron chi connectivity index (χ0n) is 15.0. The second kappa shape index (κ2) is 8.45. The Bertz CT molecular complexity index is 914. The number of rotatable bonds is 4. The lowest BCUT2D eigenvalue weighted by molar-refractivity contribution is -0.115. The van der Waals surface area contributed by atoms with E-state index in [0.717, 1.165) is 42.4 Å². The Morgan fingerprint density at radius 1 is 1.19 bits per heavy atom. The first-order chi connectivity index (χ1) is 12.9. The molecule has 0 spiro atoms. The van der Waals surface area contributed by atoms with Gasteiger partial charge in [-0.2, -0.15) is 0 Å². The number of aryl methyl sites for hydroxylation is 2. The standard InChI is InChI=1S/C20H21N3O2S2/c1-12-6-8-13(9-7-12)10-11-16(24)22-20(26)23-19-17(18(21)25)14-4-2-3-5-15(14)27-19/h6-11H,2-5H2,1H3,(H2,21,25)(H2,22,23,24,26)/b11-10+. The van der Waals surface area contributed by atoms with Crippen LogP contribution in [0.4, 0.5) is 5.00 Å². The molecule has 0 unspecified atom stereocenters. The minimum atomic E-state index is -0.467. The number of anilines is 1. The second-order valence-corrected chi connectivity index (χ2v) is 7.98. The summed E-state index contributed by atoms with van der Waals surface area (Å²) < 4.78 is 0. The van der Waals surface area contributed by atoms with Gasteiger partial charge in [0, 0.05) is 11.0 Å². The van der Waals surface area contributed by atoms with Gasteiger partial charge in [-0.25, -0.2) is 0 Å². The lowest BCUT2D eigenvalue weighted by Crippen LogP contribution is -2.33. The smallest absolute Gasteiger partial charge is 0.251 e. The molecule has 7 heteroatoms. The van der Waals surface area contributed by atoms with E-state index in [4.69, 9.17) is 18.0 Å². The van der Waals surface area contributed by atoms with Gasteiger partial charge in [-0.15, -0.1) is 11.3 Å². The molecule has 1 aromatic carbocycles. The molecule has 4 N–H and O–H groups in total. The van der Waals surface area contributed by atoms with Crippen LogP contribution in [0.5, 0.6) is 0 Å². The summed E-state index contributed by atoms with van der Waals surface area (Å²) in [4.78, 5) is 25.1. The molecule has 3 rings (SSSR count). The SMILES string of the molecule is Cc1ccc(/C=C/C(=O)NC(=S)Nc2sc3c(c2C(N)=O)CCCC3)cc1. The van der Waals surface area contributed by atoms with Gasteiger partial charge in [0.25, 0.3) is 5.91 Å². The molecule has 0 fully saturated rings. The van der Waals surface area contributed by atoms with E-state index in [-0.39, 0.29) is 11.0 Å². The molecule has 0 saturated carbocycles. The van der Waals surface area contributed by atoms with Crippen LogP contribution in [0, 0.1) is 6.92 Å². The largest absolute Gasteiger partial charge is 0.365 e. The third-order valence-corrected chi connectivity index (χ3v) is 5.80. The molecule has 1 aliphatic carbocycles. The highest BCUT2D eigenvalue weighted by Crippen LogP contribution is 2.37. The molecular formula is C20H21N3O2S2. The van der Waals surface area contributed by atoms with E-state index in [2.05, 4.69) is 10.6 Å². The quantitative estimate of drug-likeness (QED) is 0.542. The van der Waals surface area contributed by atoms with Crippen molar-refractivity contribution in [3.63, 3.8) is 0 Å². The minimum absolute atomic E-state index is 0.148. The lowest BCUT2D eigenvalue weighted by Gasteiger charge is -2.11. The number of hydrogen-bond acceptors (Lipinski definition) is 4. The first kappa shape index (κ1) is 19.3. The normalized spacial score (nSPS) is 13.2. The van der Waals surface area contributed by atoms with E-state index >= 15 is 0 Å². The van der Waals surface area contributed by atoms with Crippen LogP contribution in [0.25, 0.3) is 6.08 Å². The molecule has 0 saturated heterocycles. The average molecular weight is 400 g/mol. The Kier molecular flexibility index (Phi) is 6.03. The fraction of sp³-hybridized carbons (Fsp3) is 0.250. The Balaban J connectivity index is 1.65. The van der Waals surface area contributed by atoms with Crippen LogP contribution >= 0.6 is 23.6 Å². The summed E-state index contributed by atoms with van der Waals surface area (Å²) >= 11 is 6.71. The average Bonchev–Trinajstić information content (AvgIpc) is 2.99. The molecule has 1 aliphatic rings. The van der Waals surface area contributed by atoms with Gasteiger partial charge < -0.3 is 11.1 Å². The molecule has 5 nitrogen and oxygen atoms in total. The van der Waals surface area contributed by atoms with Crippen molar-refractivity contribution in [2.24, 2.45) is 5.73 Å². The van der Waals surface area contributed by atoms with Crippen molar-refractivity contribution < 1.29 is 9.59 Å². The van der Waals surface area contributed by atoms with Gasteiger partial charge in [-0.1, -0.05) is 29.8 Å². The maximum atomic E-state index is 12.1. The highest BCUT2D eigenvalue weighted by molar-refractivity contribution is 7.80. The number of thiocarbonyl (C=S) groups is 1. The molecule has 0 aliphatic heterocycles. The monoisotopic (exact) mass is 399 g/mol. The van der Waals surface area contributed by atoms with E-state index < -0.39 is 5.91 Å². The van der Waals surface area contributed by atoms with E-state index in [1.54, 1.807) is 6.08 Å². The van der Waals surface area contributed by atoms with Gasteiger partial charge in [-0.05, 0) is 62.0 Å². The van der Waals surface area contributed by atoms with Crippen molar-refractivity contribution in [2.75, 3.05) is 5.32 Å². The summed E-state index contributed by atoms with van der Waals surface area (Å²) in [6, 6.07) is 7.83. The van der Waals surface area contributed by atoms with Crippen molar-refractivity contribution in [1.29, 1.82) is 0 Å². The summed E-state index contributed by atoms with van der Waals surface area (Å²) in [6.45, 7) is 2.01. The molecule has 0 bridgehead atoms. The Labute approximate surface area is 167 Å². The van der Waals surface area contributed by atoms with Crippen LogP contribution in [0.3, 0.4) is 0 Å². The minimum Gasteiger partial charge on any atom is -0.365 e. The fourth-order valence-corrected chi connectivity index (χ4v) is 4.62. The molecule has 0 radical (unpaired) electrons. The summed E-state index contributed by atoms with van der Waals surface area (Å²) in [5, 5.41) is 6.34. The van der Waals surface area contributed by atoms with Crippen LogP contribution < -0.4 is 16.4 Å². The number of nitrogens with two attached hydrogens (primary N) is 1. The first-order valence-electron chi connectivity index (χ1n) is 8.75. The third kappa shape index (κ3) is 4.81. The predicted molar refractivity (Wildman–Crippen MR) is 114 cm³/mol. The molecular weight excluding hydrogens is 378 g/mol. The third-order valence-electron chi connectivity index (χ3n) is 4.39. The maximum Gasteiger partial charge on any atom is 0.251 e. The number of carbonyl (C=O) groups is 2. The van der Waals surface area contributed by atoms with Crippen LogP contribution in [0.15, 0.2) is 30.3 Å². The van der Waals surface area contributed by atoms with Crippen molar-refractivity contribution in [1.82, 2.24) is 5.32 Å². The number of nitrogens with one attached hydrogen (secondary N) is 2. The number of amides is 2. The zero-order chi connectivity index (χ0) is 19.4. The van der Waals surface area contributed by atoms with Gasteiger partial charge in [-0.3, -0.25) is 14.9 Å². The Hall–Kier alpha value is -2.51. The highest BCUT2D eigenvalue weighted by Gasteiger charge is 2.24. The first-order valence-corrected chi connectivity index (χ1v) is 9.97. The van der Waals surface area contributed by atoms with Crippen LogP contribution in [0.1, 0.15) is 44.8 Å². The number of fused-ring (bicyclic) bond motifs is 1. The molecule has 1 heterocycles. The van der Waals surface area contributed by atoms with Gasteiger partial charge >= 0.3 is 0 Å². The van der Waals surface area contributed by atoms with E-state index in [1.165, 1.54) is 22.3 Å². The summed E-state index contributed by atoms with van der Waals surface area (Å²) in [5.41, 5.74) is 9.18. The van der Waals surface area contributed by atoms with Gasteiger partial charge in [0.2, 0.25) is 5.91 Å². The van der Waals surface area contributed by atoms with Crippen LogP contribution in [0.2, 0.25) is 0 Å². The molecule has 0 atom stereocenters. The Morgan fingerprint density at radius 3 is 2.59 bits per heavy atom. The van der Waals surface area contributed by atoms with Crippen LogP contribution in [-0.4, -0.2) is 16.9 Å². The highest BCUT2D eigenvalue weighted by atomic mass is 32.1. The van der Waals surface area contributed by atoms with Crippen LogP contribution in [-0.2, 0) is 17.6 Å². The lowest BCUT2D eigenvalue weighted by atomic mass is 9.95. The van der Waals surface area contributed by atoms with Gasteiger partial charge in [0.15, 0.2) is 5.11 Å². The number of benzene rings is 1. The van der Waals surface area contributed by atoms with Gasteiger partial charge in [0.05, 0.1) is 5.56 Å². The fourth-order valence-electron chi connectivity index (χ4n) is 3.05. The number of thiophene rings is 1. The van der Waals surface area contributed by atoms with Crippen molar-refractivity contribution in [2.45, 2.75) is 32.6 Å². The number of carbonyl (C=O) groups excluding carboxylic acids is 2. The van der Waals surface area contributed by atoms with Crippen molar-refractivity contribution >= 4 is 51.6 Å². The topological polar surface area (TPSA) is 84.2 Å². The molecule has 27 heavy (non-hydrogen) atoms. The predicted octanol–water partition coefficient (Wildman–Crippen LogP) is 3.56. The molecule has 1 aromatic heterocycles. The summed E-state index contributed by atoms with van der Waals surface area (Å²) in [6.07, 6.45) is 7.10. The van der Waals surface area contributed by atoms with Crippen molar-refractivity contribution in [3.05, 3.63) is 57.5 Å². The molecule has 140 valence electrons. The van der Waals surface area contributed by atoms with Crippen molar-refractivity contribution in [3.8, 4) is 0 Å². The Morgan fingerprint density at radius 2 is 1.89 bits per heavy atom. The zero-order valence-corrected chi connectivity index (χ0v) is 16.6. The van der Waals surface area contributed by atoms with E-state index in [9.17, 15) is 9.59 Å². The maximum absolute atomic E-state index is 12.1. The molecule has 2 amide bonds. The van der Waals surface area contributed by atoms with E-state index in [0.29, 0.717) is 10.6 Å². The van der Waals surface area contributed by atoms with Gasteiger partial charge in [0.1, 0.15) is 5.00 Å². The summed E-state index contributed by atoms with van der Waals surface area (Å²) in [5.74, 6) is -0.805.